The van der Waals surface area contributed by atoms with E-state index in [4.69, 9.17) is 0 Å². The lowest BCUT2D eigenvalue weighted by Crippen LogP contribution is -2.16. The third-order valence-electron chi connectivity index (χ3n) is 1.63. The number of alkyl halides is 1. The normalized spacial score (nSPS) is 10.3. The van der Waals surface area contributed by atoms with Crippen LogP contribution in [0.3, 0.4) is 0 Å². The third-order valence-corrected chi connectivity index (χ3v) is 1.63. The summed E-state index contributed by atoms with van der Waals surface area (Å²) in [4.78, 5) is 8.26. The van der Waals surface area contributed by atoms with E-state index in [0.29, 0.717) is 19.5 Å². The van der Waals surface area contributed by atoms with E-state index in [1.165, 1.54) is 0 Å². The summed E-state index contributed by atoms with van der Waals surface area (Å²) in [7, 11) is 0. The number of hydrogen-bond donors (Lipinski definition) is 1. The molecule has 1 aromatic heterocycles. The molecule has 1 rings (SSSR count). The van der Waals surface area contributed by atoms with Crippen LogP contribution in [0.5, 0.6) is 0 Å². The molecule has 72 valence electrons. The molecule has 1 aromatic rings. The predicted molar refractivity (Wildman–Crippen MR) is 49.1 cm³/mol. The fourth-order valence-electron chi connectivity index (χ4n) is 0.919. The van der Waals surface area contributed by atoms with Gasteiger partial charge in [-0.1, -0.05) is 0 Å². The third kappa shape index (κ3) is 3.94. The van der Waals surface area contributed by atoms with Gasteiger partial charge < -0.3 is 5.32 Å². The van der Waals surface area contributed by atoms with Crippen LogP contribution in [0.4, 0.5) is 4.39 Å². The molecule has 3 nitrogen and oxygen atoms in total. The number of nitrogens with zero attached hydrogens (tertiary/aromatic N) is 2. The van der Waals surface area contributed by atoms with Gasteiger partial charge in [-0.2, -0.15) is 0 Å². The number of aromatic nitrogens is 2. The highest BCUT2D eigenvalue weighted by Gasteiger charge is 1.93. The van der Waals surface area contributed by atoms with Gasteiger partial charge in [0.25, 0.3) is 0 Å². The van der Waals surface area contributed by atoms with Crippen molar-refractivity contribution in [3.63, 3.8) is 0 Å². The van der Waals surface area contributed by atoms with Crippen LogP contribution in [-0.4, -0.2) is 23.2 Å². The molecule has 0 aromatic carbocycles. The molecule has 0 amide bonds. The molecule has 0 bridgehead atoms. The molecule has 0 aliphatic carbocycles. The minimum atomic E-state index is -0.271. The zero-order chi connectivity index (χ0) is 9.52. The number of halogens is 1. The molecule has 0 unspecified atom stereocenters. The first-order valence-corrected chi connectivity index (χ1v) is 4.37. The summed E-state index contributed by atoms with van der Waals surface area (Å²) in [6.07, 6.45) is 4.02. The van der Waals surface area contributed by atoms with Crippen molar-refractivity contribution < 1.29 is 4.39 Å². The highest BCUT2D eigenvalue weighted by Crippen LogP contribution is 1.93. The van der Waals surface area contributed by atoms with Gasteiger partial charge in [-0.15, -0.1) is 0 Å². The monoisotopic (exact) mass is 183 g/mol. The van der Waals surface area contributed by atoms with Gasteiger partial charge in [0.15, 0.2) is 0 Å². The van der Waals surface area contributed by atoms with Gasteiger partial charge in [-0.05, 0) is 19.9 Å². The van der Waals surface area contributed by atoms with E-state index in [1.54, 1.807) is 12.4 Å². The Bertz CT molecular complexity index is 235. The Hall–Kier alpha value is -1.03. The van der Waals surface area contributed by atoms with E-state index < -0.39 is 0 Å². The minimum Gasteiger partial charge on any atom is -0.311 e. The van der Waals surface area contributed by atoms with Gasteiger partial charge in [0, 0.05) is 18.9 Å². The van der Waals surface area contributed by atoms with Gasteiger partial charge in [0.2, 0.25) is 0 Å². The second-order valence-electron chi connectivity index (χ2n) is 2.87. The molecule has 0 aliphatic rings. The van der Waals surface area contributed by atoms with Crippen molar-refractivity contribution in [2.75, 3.05) is 13.2 Å². The van der Waals surface area contributed by atoms with E-state index in [1.807, 2.05) is 6.92 Å². The Kier molecular flexibility index (Phi) is 4.32. The first kappa shape index (κ1) is 10.1. The maximum atomic E-state index is 11.7. The number of nitrogens with one attached hydrogen (secondary N) is 1. The zero-order valence-corrected chi connectivity index (χ0v) is 7.76. The molecule has 1 N–H and O–H groups in total. The van der Waals surface area contributed by atoms with Crippen LogP contribution < -0.4 is 5.32 Å². The van der Waals surface area contributed by atoms with Crippen molar-refractivity contribution in [3.8, 4) is 0 Å². The number of aryl methyl sites for hydroxylation is 1. The number of hydrogen-bond acceptors (Lipinski definition) is 3. The maximum absolute atomic E-state index is 11.7. The highest BCUT2D eigenvalue weighted by atomic mass is 19.1. The van der Waals surface area contributed by atoms with Gasteiger partial charge >= 0.3 is 0 Å². The zero-order valence-electron chi connectivity index (χ0n) is 7.76. The van der Waals surface area contributed by atoms with Crippen LogP contribution in [0, 0.1) is 6.92 Å². The van der Waals surface area contributed by atoms with Crippen molar-refractivity contribution in [3.05, 3.63) is 23.8 Å². The average molecular weight is 183 g/mol. The van der Waals surface area contributed by atoms with Crippen LogP contribution in [0.2, 0.25) is 0 Å². The SMILES string of the molecule is Cc1cnc(CNCCCF)cn1. The minimum absolute atomic E-state index is 0.271. The molecule has 4 heteroatoms. The van der Waals surface area contributed by atoms with Crippen LogP contribution in [0.1, 0.15) is 17.8 Å². The van der Waals surface area contributed by atoms with Gasteiger partial charge in [0.05, 0.1) is 18.1 Å². The first-order valence-electron chi connectivity index (χ1n) is 4.37. The molecule has 0 aliphatic heterocycles. The first-order chi connectivity index (χ1) is 6.33. The summed E-state index contributed by atoms with van der Waals surface area (Å²) in [6, 6.07) is 0. The Labute approximate surface area is 77.4 Å². The summed E-state index contributed by atoms with van der Waals surface area (Å²) in [6.45, 7) is 2.97. The molecular weight excluding hydrogens is 169 g/mol. The molecular formula is C9H14FN3. The lowest BCUT2D eigenvalue weighted by Gasteiger charge is -2.01. The topological polar surface area (TPSA) is 37.8 Å². The van der Waals surface area contributed by atoms with Crippen molar-refractivity contribution >= 4 is 0 Å². The molecule has 13 heavy (non-hydrogen) atoms. The van der Waals surface area contributed by atoms with Gasteiger partial charge in [-0.3, -0.25) is 14.4 Å². The van der Waals surface area contributed by atoms with Gasteiger partial charge in [-0.25, -0.2) is 0 Å². The lowest BCUT2D eigenvalue weighted by molar-refractivity contribution is 0.458. The van der Waals surface area contributed by atoms with Crippen LogP contribution in [-0.2, 0) is 6.54 Å². The summed E-state index contributed by atoms with van der Waals surface area (Å²) >= 11 is 0. The average Bonchev–Trinajstić information content (AvgIpc) is 2.15. The van der Waals surface area contributed by atoms with Crippen molar-refractivity contribution in [2.45, 2.75) is 19.9 Å². The van der Waals surface area contributed by atoms with Crippen molar-refractivity contribution in [2.24, 2.45) is 0 Å². The molecule has 0 spiro atoms. The molecule has 0 saturated carbocycles. The smallest absolute Gasteiger partial charge is 0.0906 e. The Morgan fingerprint density at radius 1 is 1.38 bits per heavy atom. The van der Waals surface area contributed by atoms with E-state index in [9.17, 15) is 4.39 Å². The van der Waals surface area contributed by atoms with E-state index in [2.05, 4.69) is 15.3 Å². The molecule has 0 fully saturated rings. The van der Waals surface area contributed by atoms with Crippen LogP contribution in [0.25, 0.3) is 0 Å². The summed E-state index contributed by atoms with van der Waals surface area (Å²) in [5.41, 5.74) is 1.80. The standard InChI is InChI=1S/C9H14FN3/c1-8-5-13-9(7-12-8)6-11-4-2-3-10/h5,7,11H,2-4,6H2,1H3. The second kappa shape index (κ2) is 5.59. The Morgan fingerprint density at radius 3 is 2.85 bits per heavy atom. The fourth-order valence-corrected chi connectivity index (χ4v) is 0.919. The maximum Gasteiger partial charge on any atom is 0.0906 e. The summed E-state index contributed by atoms with van der Waals surface area (Å²) in [5.74, 6) is 0. The van der Waals surface area contributed by atoms with Crippen LogP contribution in [0.15, 0.2) is 12.4 Å². The highest BCUT2D eigenvalue weighted by molar-refractivity contribution is 4.99. The fraction of sp³-hybridized carbons (Fsp3) is 0.556. The quantitative estimate of drug-likeness (QED) is 0.698. The van der Waals surface area contributed by atoms with E-state index >= 15 is 0 Å². The second-order valence-corrected chi connectivity index (χ2v) is 2.87. The number of rotatable bonds is 5. The lowest BCUT2D eigenvalue weighted by atomic mass is 10.4. The van der Waals surface area contributed by atoms with Crippen LogP contribution >= 0.6 is 0 Å². The summed E-state index contributed by atoms with van der Waals surface area (Å²) in [5, 5.41) is 3.08. The van der Waals surface area contributed by atoms with Crippen molar-refractivity contribution in [1.82, 2.24) is 15.3 Å². The largest absolute Gasteiger partial charge is 0.311 e. The predicted octanol–water partition coefficient (Wildman–Crippen LogP) is 1.23. The molecule has 0 atom stereocenters. The van der Waals surface area contributed by atoms with E-state index in [0.717, 1.165) is 11.4 Å². The van der Waals surface area contributed by atoms with E-state index in [-0.39, 0.29) is 6.67 Å². The summed E-state index contributed by atoms with van der Waals surface area (Å²) < 4.78 is 11.7. The Balaban J connectivity index is 2.25. The molecule has 1 heterocycles. The Morgan fingerprint density at radius 2 is 2.23 bits per heavy atom. The molecule has 0 saturated heterocycles. The molecule has 0 radical (unpaired) electrons. The van der Waals surface area contributed by atoms with Gasteiger partial charge in [0.1, 0.15) is 0 Å². The van der Waals surface area contributed by atoms with Crippen molar-refractivity contribution in [1.29, 1.82) is 0 Å².